The van der Waals surface area contributed by atoms with Crippen LogP contribution in [0.2, 0.25) is 0 Å². The highest BCUT2D eigenvalue weighted by Gasteiger charge is 2.11. The Morgan fingerprint density at radius 1 is 1.20 bits per heavy atom. The number of amides is 1. The molecular formula is C16H17FN2O. The van der Waals surface area contributed by atoms with E-state index >= 15 is 0 Å². The van der Waals surface area contributed by atoms with Crippen LogP contribution in [0.25, 0.3) is 0 Å². The molecule has 3 nitrogen and oxygen atoms in total. The van der Waals surface area contributed by atoms with Gasteiger partial charge in [-0.2, -0.15) is 0 Å². The standard InChI is InChI=1S/C16H17FN2O/c1-3-18-12-8-9-13(11(2)10-12)16(20)19-15-7-5-4-6-14(15)17/h4-10,18H,3H2,1-2H3,(H,19,20). The number of carbonyl (C=O) groups is 1. The highest BCUT2D eigenvalue weighted by Crippen LogP contribution is 2.18. The molecule has 2 aromatic rings. The molecule has 104 valence electrons. The van der Waals surface area contributed by atoms with Crippen LogP contribution in [0, 0.1) is 12.7 Å². The molecule has 2 N–H and O–H groups in total. The minimum absolute atomic E-state index is 0.188. The smallest absolute Gasteiger partial charge is 0.256 e. The summed E-state index contributed by atoms with van der Waals surface area (Å²) in [6.07, 6.45) is 0. The number of carbonyl (C=O) groups excluding carboxylic acids is 1. The monoisotopic (exact) mass is 272 g/mol. The molecule has 0 aliphatic carbocycles. The van der Waals surface area contributed by atoms with Crippen molar-refractivity contribution in [1.82, 2.24) is 0 Å². The Morgan fingerprint density at radius 2 is 1.95 bits per heavy atom. The van der Waals surface area contributed by atoms with Crippen LogP contribution in [0.4, 0.5) is 15.8 Å². The van der Waals surface area contributed by atoms with Gasteiger partial charge in [-0.25, -0.2) is 4.39 Å². The molecule has 0 unspecified atom stereocenters. The molecule has 0 radical (unpaired) electrons. The van der Waals surface area contributed by atoms with Crippen LogP contribution in [-0.4, -0.2) is 12.5 Å². The maximum atomic E-state index is 13.5. The summed E-state index contributed by atoms with van der Waals surface area (Å²) in [5.74, 6) is -0.751. The van der Waals surface area contributed by atoms with Gasteiger partial charge in [-0.1, -0.05) is 12.1 Å². The highest BCUT2D eigenvalue weighted by atomic mass is 19.1. The van der Waals surface area contributed by atoms with Gasteiger partial charge in [0.1, 0.15) is 5.82 Å². The number of hydrogen-bond acceptors (Lipinski definition) is 2. The molecule has 0 heterocycles. The summed E-state index contributed by atoms with van der Waals surface area (Å²) in [4.78, 5) is 12.2. The van der Waals surface area contributed by atoms with Crippen LogP contribution in [0.1, 0.15) is 22.8 Å². The fourth-order valence-electron chi connectivity index (χ4n) is 1.98. The lowest BCUT2D eigenvalue weighted by Crippen LogP contribution is -2.14. The molecule has 0 aliphatic rings. The minimum Gasteiger partial charge on any atom is -0.385 e. The number of nitrogens with one attached hydrogen (secondary N) is 2. The van der Waals surface area contributed by atoms with Crippen molar-refractivity contribution in [3.63, 3.8) is 0 Å². The van der Waals surface area contributed by atoms with Gasteiger partial charge in [0.25, 0.3) is 5.91 Å². The number of halogens is 1. The lowest BCUT2D eigenvalue weighted by molar-refractivity contribution is 0.102. The average Bonchev–Trinajstić information content (AvgIpc) is 2.42. The molecular weight excluding hydrogens is 255 g/mol. The third-order valence-corrected chi connectivity index (χ3v) is 2.97. The minimum atomic E-state index is -0.442. The first kappa shape index (κ1) is 14.1. The third kappa shape index (κ3) is 3.15. The summed E-state index contributed by atoms with van der Waals surface area (Å²) >= 11 is 0. The summed E-state index contributed by atoms with van der Waals surface area (Å²) in [6, 6.07) is 11.6. The molecule has 0 fully saturated rings. The van der Waals surface area contributed by atoms with Crippen molar-refractivity contribution in [2.75, 3.05) is 17.2 Å². The van der Waals surface area contributed by atoms with Crippen LogP contribution >= 0.6 is 0 Å². The Bertz CT molecular complexity index is 626. The van der Waals surface area contributed by atoms with Crippen molar-refractivity contribution in [3.8, 4) is 0 Å². The molecule has 0 aliphatic heterocycles. The Morgan fingerprint density at radius 3 is 2.60 bits per heavy atom. The van der Waals surface area contributed by atoms with Gasteiger partial charge in [0, 0.05) is 17.8 Å². The SMILES string of the molecule is CCNc1ccc(C(=O)Nc2ccccc2F)c(C)c1. The van der Waals surface area contributed by atoms with Crippen molar-refractivity contribution in [2.24, 2.45) is 0 Å². The van der Waals surface area contributed by atoms with Gasteiger partial charge in [0.05, 0.1) is 5.69 Å². The molecule has 2 aromatic carbocycles. The first-order chi connectivity index (χ1) is 9.61. The van der Waals surface area contributed by atoms with Gasteiger partial charge in [0.15, 0.2) is 0 Å². The molecule has 0 bridgehead atoms. The van der Waals surface area contributed by atoms with E-state index < -0.39 is 5.82 Å². The summed E-state index contributed by atoms with van der Waals surface area (Å²) in [5, 5.41) is 5.77. The molecule has 0 atom stereocenters. The van der Waals surface area contributed by atoms with E-state index in [1.165, 1.54) is 12.1 Å². The Labute approximate surface area is 117 Å². The van der Waals surface area contributed by atoms with E-state index in [2.05, 4.69) is 10.6 Å². The number of aryl methyl sites for hydroxylation is 1. The van der Waals surface area contributed by atoms with Gasteiger partial charge in [0.2, 0.25) is 0 Å². The molecule has 1 amide bonds. The number of hydrogen-bond donors (Lipinski definition) is 2. The van der Waals surface area contributed by atoms with E-state index in [4.69, 9.17) is 0 Å². The van der Waals surface area contributed by atoms with E-state index in [9.17, 15) is 9.18 Å². The zero-order valence-electron chi connectivity index (χ0n) is 11.5. The van der Waals surface area contributed by atoms with Crippen LogP contribution in [-0.2, 0) is 0 Å². The largest absolute Gasteiger partial charge is 0.385 e. The number of anilines is 2. The third-order valence-electron chi connectivity index (χ3n) is 2.97. The molecule has 0 saturated heterocycles. The second-order valence-corrected chi connectivity index (χ2v) is 4.49. The van der Waals surface area contributed by atoms with Crippen molar-refractivity contribution in [3.05, 3.63) is 59.4 Å². The van der Waals surface area contributed by atoms with E-state index in [-0.39, 0.29) is 11.6 Å². The van der Waals surface area contributed by atoms with Gasteiger partial charge >= 0.3 is 0 Å². The molecule has 2 rings (SSSR count). The molecule has 4 heteroatoms. The highest BCUT2D eigenvalue weighted by molar-refractivity contribution is 6.05. The summed E-state index contributed by atoms with van der Waals surface area (Å²) in [6.45, 7) is 4.69. The zero-order valence-corrected chi connectivity index (χ0v) is 11.5. The van der Waals surface area contributed by atoms with E-state index in [0.29, 0.717) is 5.56 Å². The summed E-state index contributed by atoms with van der Waals surface area (Å²) in [5.41, 5.74) is 2.53. The maximum Gasteiger partial charge on any atom is 0.256 e. The van der Waals surface area contributed by atoms with Crippen molar-refractivity contribution in [1.29, 1.82) is 0 Å². The van der Waals surface area contributed by atoms with E-state index in [0.717, 1.165) is 17.8 Å². The van der Waals surface area contributed by atoms with Crippen LogP contribution in [0.15, 0.2) is 42.5 Å². The molecule has 0 aromatic heterocycles. The van der Waals surface area contributed by atoms with Crippen molar-refractivity contribution < 1.29 is 9.18 Å². The second kappa shape index (κ2) is 6.19. The second-order valence-electron chi connectivity index (χ2n) is 4.49. The van der Waals surface area contributed by atoms with Crippen molar-refractivity contribution >= 4 is 17.3 Å². The Balaban J connectivity index is 2.19. The first-order valence-corrected chi connectivity index (χ1v) is 6.52. The number of rotatable bonds is 4. The van der Waals surface area contributed by atoms with Gasteiger partial charge < -0.3 is 10.6 Å². The lowest BCUT2D eigenvalue weighted by atomic mass is 10.1. The van der Waals surface area contributed by atoms with E-state index in [1.807, 2.05) is 26.0 Å². The maximum absolute atomic E-state index is 13.5. The number of benzene rings is 2. The molecule has 20 heavy (non-hydrogen) atoms. The zero-order chi connectivity index (χ0) is 14.5. The molecule has 0 saturated carbocycles. The molecule has 0 spiro atoms. The topological polar surface area (TPSA) is 41.1 Å². The van der Waals surface area contributed by atoms with E-state index in [1.54, 1.807) is 18.2 Å². The van der Waals surface area contributed by atoms with Crippen LogP contribution in [0.5, 0.6) is 0 Å². The van der Waals surface area contributed by atoms with Gasteiger partial charge in [-0.15, -0.1) is 0 Å². The average molecular weight is 272 g/mol. The quantitative estimate of drug-likeness (QED) is 0.888. The lowest BCUT2D eigenvalue weighted by Gasteiger charge is -2.10. The Kier molecular flexibility index (Phi) is 4.35. The predicted molar refractivity (Wildman–Crippen MR) is 79.7 cm³/mol. The summed E-state index contributed by atoms with van der Waals surface area (Å²) in [7, 11) is 0. The predicted octanol–water partition coefficient (Wildman–Crippen LogP) is 3.82. The summed E-state index contributed by atoms with van der Waals surface area (Å²) < 4.78 is 13.5. The van der Waals surface area contributed by atoms with Gasteiger partial charge in [-0.3, -0.25) is 4.79 Å². The van der Waals surface area contributed by atoms with Crippen LogP contribution < -0.4 is 10.6 Å². The van der Waals surface area contributed by atoms with Crippen molar-refractivity contribution in [2.45, 2.75) is 13.8 Å². The Hall–Kier alpha value is -2.36. The normalized spacial score (nSPS) is 10.2. The fourth-order valence-corrected chi connectivity index (χ4v) is 1.98. The fraction of sp³-hybridized carbons (Fsp3) is 0.188. The van der Waals surface area contributed by atoms with Gasteiger partial charge in [-0.05, 0) is 49.7 Å². The van der Waals surface area contributed by atoms with Crippen LogP contribution in [0.3, 0.4) is 0 Å². The number of para-hydroxylation sites is 1. The first-order valence-electron chi connectivity index (χ1n) is 6.52.